The molecule has 6 atom stereocenters. The van der Waals surface area contributed by atoms with Gasteiger partial charge in [-0.3, -0.25) is 29.5 Å². The Kier molecular flexibility index (Phi) is 10.1. The number of phenols is 1. The third-order valence-corrected chi connectivity index (χ3v) is 13.0. The molecule has 8 rings (SSSR count). The van der Waals surface area contributed by atoms with Crippen LogP contribution in [0.5, 0.6) is 11.5 Å². The molecule has 2 saturated heterocycles. The van der Waals surface area contributed by atoms with Crippen LogP contribution in [0, 0.1) is 27.2 Å². The van der Waals surface area contributed by atoms with Crippen LogP contribution in [0.1, 0.15) is 35.4 Å². The lowest BCUT2D eigenvalue weighted by Crippen LogP contribution is -2.53. The quantitative estimate of drug-likeness (QED) is 0.0793. The third-order valence-electron chi connectivity index (χ3n) is 11.6. The smallest absolute Gasteiger partial charge is 0.488 e. The van der Waals surface area contributed by atoms with Gasteiger partial charge < -0.3 is 19.9 Å². The van der Waals surface area contributed by atoms with Gasteiger partial charge in [-0.1, -0.05) is 59.1 Å². The fraction of sp³-hybridized carbons (Fsp3) is 0.256. The number of hydrogen-bond acceptors (Lipinski definition) is 10. The first-order valence-corrected chi connectivity index (χ1v) is 19.6. The van der Waals surface area contributed by atoms with E-state index in [4.69, 9.17) is 27.9 Å². The van der Waals surface area contributed by atoms with Gasteiger partial charge in [0.05, 0.1) is 50.1 Å². The fourth-order valence-electron chi connectivity index (χ4n) is 9.15. The van der Waals surface area contributed by atoms with Crippen LogP contribution in [0.15, 0.2) is 84.6 Å². The Morgan fingerprint density at radius 2 is 1.71 bits per heavy atom. The summed E-state index contributed by atoms with van der Waals surface area (Å²) in [5.74, 6) is -8.31. The Bertz CT molecular complexity index is 2460. The second-order valence-electron chi connectivity index (χ2n) is 14.5. The fourth-order valence-corrected chi connectivity index (χ4v) is 10.1. The Hall–Kier alpha value is -4.69. The molecule has 0 bridgehead atoms. The summed E-state index contributed by atoms with van der Waals surface area (Å²) in [6, 6.07) is 15.8. The number of carbonyl (C=O) groups is 4. The number of rotatable bonds is 7. The van der Waals surface area contributed by atoms with Crippen molar-refractivity contribution in [2.75, 3.05) is 17.4 Å². The molecule has 4 amide bonds. The van der Waals surface area contributed by atoms with Gasteiger partial charge >= 0.3 is 13.3 Å². The first-order chi connectivity index (χ1) is 27.5. The number of methoxy groups -OCH3 is 1. The molecular formula is C39H29BCl2F3IN4O8. The van der Waals surface area contributed by atoms with Gasteiger partial charge in [-0.2, -0.15) is 18.2 Å². The van der Waals surface area contributed by atoms with Gasteiger partial charge in [0.25, 0.3) is 11.8 Å². The number of anilines is 2. The number of amides is 4. The molecule has 2 aliphatic carbocycles. The number of halogens is 6. The van der Waals surface area contributed by atoms with E-state index in [2.05, 4.69) is 10.4 Å². The van der Waals surface area contributed by atoms with Gasteiger partial charge in [0, 0.05) is 17.1 Å². The average molecular weight is 947 g/mol. The minimum Gasteiger partial charge on any atom is -0.504 e. The highest BCUT2D eigenvalue weighted by atomic mass is 127. The van der Waals surface area contributed by atoms with Gasteiger partial charge in [0.1, 0.15) is 0 Å². The van der Waals surface area contributed by atoms with E-state index in [1.807, 2.05) is 22.6 Å². The largest absolute Gasteiger partial charge is 0.504 e. The Morgan fingerprint density at radius 1 is 0.983 bits per heavy atom. The van der Waals surface area contributed by atoms with E-state index in [-0.39, 0.29) is 35.5 Å². The number of hydrazine groups is 1. The second kappa shape index (κ2) is 14.5. The highest BCUT2D eigenvalue weighted by Crippen LogP contribution is 2.64. The number of phenolic OH excluding ortho intramolecular Hbond substituents is 1. The van der Waals surface area contributed by atoms with Crippen LogP contribution in [0.2, 0.25) is 10.0 Å². The normalized spacial score (nSPS) is 25.3. The summed E-state index contributed by atoms with van der Waals surface area (Å²) < 4.78 is 46.4. The molecule has 3 heterocycles. The highest BCUT2D eigenvalue weighted by Gasteiger charge is 2.70. The number of nitrogens with one attached hydrogen (secondary N) is 1. The second-order valence-corrected chi connectivity index (χ2v) is 16.5. The van der Waals surface area contributed by atoms with Crippen LogP contribution in [-0.4, -0.2) is 63.0 Å². The molecule has 0 unspecified atom stereocenters. The zero-order valence-electron chi connectivity index (χ0n) is 29.9. The van der Waals surface area contributed by atoms with E-state index >= 15 is 4.79 Å². The van der Waals surface area contributed by atoms with Crippen molar-refractivity contribution in [1.29, 1.82) is 0 Å². The van der Waals surface area contributed by atoms with Gasteiger partial charge in [-0.05, 0) is 100 Å². The number of imide groups is 2. The molecule has 12 nitrogen and oxygen atoms in total. The van der Waals surface area contributed by atoms with E-state index in [9.17, 15) is 42.7 Å². The van der Waals surface area contributed by atoms with Gasteiger partial charge in [0.2, 0.25) is 11.8 Å². The third kappa shape index (κ3) is 6.15. The number of fused-ring (bicyclic) bond motifs is 4. The number of carbonyl (C=O) groups excluding carboxylic acids is 4. The molecule has 2 aliphatic heterocycles. The lowest BCUT2D eigenvalue weighted by atomic mass is 9.49. The molecule has 0 spiro atoms. The molecule has 1 aromatic heterocycles. The Labute approximate surface area is 351 Å². The molecule has 1 saturated carbocycles. The predicted octanol–water partition coefficient (Wildman–Crippen LogP) is 5.60. The van der Waals surface area contributed by atoms with Crippen LogP contribution in [0.4, 0.5) is 24.7 Å². The highest BCUT2D eigenvalue weighted by molar-refractivity contribution is 14.1. The summed E-state index contributed by atoms with van der Waals surface area (Å²) in [4.78, 5) is 63.9. The van der Waals surface area contributed by atoms with Gasteiger partial charge in [-0.25, -0.2) is 4.98 Å². The molecular weight excluding hydrogens is 918 g/mol. The first-order valence-electron chi connectivity index (χ1n) is 17.7. The molecule has 0 radical (unpaired) electrons. The summed E-state index contributed by atoms with van der Waals surface area (Å²) in [6.45, 7) is 0. The molecule has 4 aromatic rings. The molecule has 4 aliphatic rings. The van der Waals surface area contributed by atoms with Gasteiger partial charge in [0.15, 0.2) is 17.3 Å². The number of alkyl halides is 3. The summed E-state index contributed by atoms with van der Waals surface area (Å²) >= 11 is 14.5. The zero-order valence-corrected chi connectivity index (χ0v) is 33.5. The standard InChI is InChI=1S/C39H29BCl2F3IN4O8/c1-58-29-12-17(11-28(46)32(29)51)31-23-9-10-24-30(36(54)49(34(24)52)22-4-2-3-20(14-22)40(56)57)25(23)15-26-35(53)50(37(55)38(26,31)18-5-7-21(41)8-6-18)48-33-27(42)13-19(16-47-33)39(43,44)45/h2-9,11-14,16,24-26,30-31,51,56-57H,10,15H2,1H3,(H,47,48)/t24-,25+,26-,30-,31-,38+/m0/s1. The summed E-state index contributed by atoms with van der Waals surface area (Å²) in [5, 5.41) is 31.1. The number of hydrogen-bond donors (Lipinski definition) is 4. The van der Waals surface area contributed by atoms with Crippen molar-refractivity contribution in [3.05, 3.63) is 115 Å². The molecule has 3 fully saturated rings. The number of allylic oxidation sites excluding steroid dienone is 2. The Morgan fingerprint density at radius 3 is 2.36 bits per heavy atom. The van der Waals surface area contributed by atoms with E-state index in [1.54, 1.807) is 36.4 Å². The minimum absolute atomic E-state index is 0.0536. The number of nitrogens with zero attached hydrogens (tertiary/aromatic N) is 3. The lowest BCUT2D eigenvalue weighted by Gasteiger charge is -2.50. The number of pyridine rings is 1. The SMILES string of the molecule is COc1cc([C@H]2C3=CC[C@@H]4C(=O)N(c5cccc(B(O)O)c5)C(=O)[C@@H]4[C@@H]3C[C@H]3C(=O)N(Nc4ncc(C(F)(F)F)cc4Cl)C(=O)[C@@]23c2ccc(Cl)cc2)cc(I)c1O. The lowest BCUT2D eigenvalue weighted by molar-refractivity contribution is -0.139. The van der Waals surface area contributed by atoms with E-state index in [1.165, 1.54) is 37.4 Å². The predicted molar refractivity (Wildman–Crippen MR) is 213 cm³/mol. The van der Waals surface area contributed by atoms with E-state index in [0.29, 0.717) is 42.6 Å². The van der Waals surface area contributed by atoms with Gasteiger partial charge in [-0.15, -0.1) is 0 Å². The summed E-state index contributed by atoms with van der Waals surface area (Å²) in [7, 11) is -0.525. The monoisotopic (exact) mass is 946 g/mol. The average Bonchev–Trinajstić information content (AvgIpc) is 3.57. The first kappa shape index (κ1) is 40.1. The number of aromatic hydroxyl groups is 1. The van der Waals surface area contributed by atoms with E-state index < -0.39 is 88.3 Å². The molecule has 58 heavy (non-hydrogen) atoms. The molecule has 298 valence electrons. The van der Waals surface area contributed by atoms with Crippen LogP contribution in [-0.2, 0) is 30.8 Å². The zero-order chi connectivity index (χ0) is 41.6. The van der Waals surface area contributed by atoms with Crippen molar-refractivity contribution in [1.82, 2.24) is 9.99 Å². The van der Waals surface area contributed by atoms with Crippen molar-refractivity contribution < 1.29 is 52.2 Å². The minimum atomic E-state index is -4.78. The number of ether oxygens (including phenoxy) is 1. The maximum absolute atomic E-state index is 15.4. The Balaban J connectivity index is 1.32. The van der Waals surface area contributed by atoms with Crippen molar-refractivity contribution in [2.45, 2.75) is 30.4 Å². The van der Waals surface area contributed by atoms with Crippen molar-refractivity contribution in [3.63, 3.8) is 0 Å². The topological polar surface area (TPSA) is 170 Å². The van der Waals surface area contributed by atoms with Crippen molar-refractivity contribution >= 4 is 93.5 Å². The van der Waals surface area contributed by atoms with Crippen LogP contribution < -0.4 is 20.5 Å². The van der Waals surface area contributed by atoms with Crippen LogP contribution in [0.3, 0.4) is 0 Å². The summed E-state index contributed by atoms with van der Waals surface area (Å²) in [6.07, 6.45) is -2.52. The molecule has 19 heteroatoms. The maximum atomic E-state index is 15.4. The van der Waals surface area contributed by atoms with Crippen LogP contribution >= 0.6 is 45.8 Å². The van der Waals surface area contributed by atoms with Crippen LogP contribution in [0.25, 0.3) is 0 Å². The van der Waals surface area contributed by atoms with Crippen molar-refractivity contribution in [2.24, 2.45) is 23.7 Å². The number of benzene rings is 3. The maximum Gasteiger partial charge on any atom is 0.488 e. The molecule has 4 N–H and O–H groups in total. The van der Waals surface area contributed by atoms with E-state index in [0.717, 1.165) is 4.90 Å². The van der Waals surface area contributed by atoms with Crippen molar-refractivity contribution in [3.8, 4) is 11.5 Å². The molecule has 3 aromatic carbocycles. The number of aromatic nitrogens is 1. The summed E-state index contributed by atoms with van der Waals surface area (Å²) in [5.41, 5.74) is 1.13.